The van der Waals surface area contributed by atoms with Crippen molar-refractivity contribution in [3.63, 3.8) is 0 Å². The first-order valence-corrected chi connectivity index (χ1v) is 7.44. The van der Waals surface area contributed by atoms with Crippen LogP contribution in [0.3, 0.4) is 0 Å². The maximum Gasteiger partial charge on any atom is 0.344 e. The van der Waals surface area contributed by atoms with E-state index in [1.54, 1.807) is 7.05 Å². The van der Waals surface area contributed by atoms with Gasteiger partial charge in [-0.1, -0.05) is 26.7 Å². The van der Waals surface area contributed by atoms with Gasteiger partial charge in [0.2, 0.25) is 0 Å². The Hall–Kier alpha value is 0.110. The van der Waals surface area contributed by atoms with Crippen LogP contribution in [0.15, 0.2) is 0 Å². The first-order chi connectivity index (χ1) is 7.18. The van der Waals surface area contributed by atoms with E-state index in [-0.39, 0.29) is 0 Å². The standard InChI is InChI=1S/C10H24NO3P/c1-4-6-8-13-15(12,10-11-3)14-9-7-5-2/h11H,4-10H2,1-3H3. The Morgan fingerprint density at radius 3 is 1.87 bits per heavy atom. The van der Waals surface area contributed by atoms with Gasteiger partial charge >= 0.3 is 7.60 Å². The monoisotopic (exact) mass is 237 g/mol. The van der Waals surface area contributed by atoms with Gasteiger partial charge in [-0.15, -0.1) is 0 Å². The van der Waals surface area contributed by atoms with Crippen LogP contribution in [-0.2, 0) is 13.6 Å². The number of hydrogen-bond acceptors (Lipinski definition) is 4. The average Bonchev–Trinajstić information content (AvgIpc) is 2.19. The van der Waals surface area contributed by atoms with Crippen LogP contribution in [0.25, 0.3) is 0 Å². The summed E-state index contributed by atoms with van der Waals surface area (Å²) in [6.45, 7) is 5.18. The number of hydrogen-bond donors (Lipinski definition) is 1. The summed E-state index contributed by atoms with van der Waals surface area (Å²) in [7, 11) is -1.14. The molecule has 0 bridgehead atoms. The minimum absolute atomic E-state index is 0.292. The van der Waals surface area contributed by atoms with E-state index in [2.05, 4.69) is 19.2 Å². The van der Waals surface area contributed by atoms with Gasteiger partial charge in [-0.2, -0.15) is 0 Å². The maximum absolute atomic E-state index is 12.1. The number of rotatable bonds is 10. The van der Waals surface area contributed by atoms with Crippen LogP contribution < -0.4 is 5.32 Å². The Kier molecular flexibility index (Phi) is 9.41. The fraction of sp³-hybridized carbons (Fsp3) is 1.00. The van der Waals surface area contributed by atoms with E-state index in [0.717, 1.165) is 25.7 Å². The average molecular weight is 237 g/mol. The van der Waals surface area contributed by atoms with Crippen LogP contribution in [-0.4, -0.2) is 26.5 Å². The van der Waals surface area contributed by atoms with Gasteiger partial charge in [0.05, 0.1) is 19.5 Å². The van der Waals surface area contributed by atoms with Crippen molar-refractivity contribution in [1.29, 1.82) is 0 Å². The normalized spacial score (nSPS) is 11.9. The first-order valence-electron chi connectivity index (χ1n) is 5.71. The van der Waals surface area contributed by atoms with Crippen molar-refractivity contribution in [1.82, 2.24) is 5.32 Å². The minimum Gasteiger partial charge on any atom is -0.309 e. The van der Waals surface area contributed by atoms with Gasteiger partial charge in [0, 0.05) is 0 Å². The lowest BCUT2D eigenvalue weighted by molar-refractivity contribution is 0.198. The van der Waals surface area contributed by atoms with E-state index < -0.39 is 7.60 Å². The highest BCUT2D eigenvalue weighted by Gasteiger charge is 2.22. The predicted molar refractivity (Wildman–Crippen MR) is 63.3 cm³/mol. The maximum atomic E-state index is 12.1. The molecule has 0 saturated heterocycles. The Morgan fingerprint density at radius 1 is 1.07 bits per heavy atom. The van der Waals surface area contributed by atoms with E-state index in [1.807, 2.05) is 0 Å². The summed E-state index contributed by atoms with van der Waals surface area (Å²) >= 11 is 0. The van der Waals surface area contributed by atoms with Gasteiger partial charge in [0.15, 0.2) is 0 Å². The summed E-state index contributed by atoms with van der Waals surface area (Å²) < 4.78 is 22.7. The lowest BCUT2D eigenvalue weighted by Gasteiger charge is -2.17. The minimum atomic E-state index is -2.89. The summed E-state index contributed by atoms with van der Waals surface area (Å²) in [5.41, 5.74) is 0. The molecule has 0 spiro atoms. The highest BCUT2D eigenvalue weighted by atomic mass is 31.2. The molecule has 0 unspecified atom stereocenters. The number of nitrogens with one attached hydrogen (secondary N) is 1. The second-order valence-electron chi connectivity index (χ2n) is 3.50. The third-order valence-corrected chi connectivity index (χ3v) is 3.78. The zero-order chi connectivity index (χ0) is 11.6. The van der Waals surface area contributed by atoms with Crippen molar-refractivity contribution in [2.24, 2.45) is 0 Å². The van der Waals surface area contributed by atoms with Crippen LogP contribution in [0.1, 0.15) is 39.5 Å². The van der Waals surface area contributed by atoms with Gasteiger partial charge in [-0.25, -0.2) is 0 Å². The van der Waals surface area contributed by atoms with Crippen LogP contribution in [0, 0.1) is 0 Å². The topological polar surface area (TPSA) is 47.6 Å². The molecule has 5 heteroatoms. The second kappa shape index (κ2) is 9.34. The quantitative estimate of drug-likeness (QED) is 0.468. The zero-order valence-electron chi connectivity index (χ0n) is 10.1. The SMILES string of the molecule is CCCCOP(=O)(CNC)OCCCC. The summed E-state index contributed by atoms with van der Waals surface area (Å²) in [6.07, 6.45) is 4.21. The van der Waals surface area contributed by atoms with Crippen molar-refractivity contribution in [3.05, 3.63) is 0 Å². The molecule has 0 aliphatic rings. The van der Waals surface area contributed by atoms with Crippen molar-refractivity contribution in [3.8, 4) is 0 Å². The van der Waals surface area contributed by atoms with Crippen LogP contribution in [0.4, 0.5) is 0 Å². The van der Waals surface area contributed by atoms with E-state index in [0.29, 0.717) is 19.5 Å². The summed E-state index contributed by atoms with van der Waals surface area (Å²) in [4.78, 5) is 0. The van der Waals surface area contributed by atoms with Crippen LogP contribution in [0.2, 0.25) is 0 Å². The first kappa shape index (κ1) is 15.1. The summed E-state index contributed by atoms with van der Waals surface area (Å²) in [5, 5.41) is 2.85. The molecule has 4 nitrogen and oxygen atoms in total. The fourth-order valence-electron chi connectivity index (χ4n) is 1.02. The molecule has 0 amide bonds. The Balaban J connectivity index is 3.89. The predicted octanol–water partition coefficient (Wildman–Crippen LogP) is 2.99. The molecule has 0 rings (SSSR count). The molecule has 0 atom stereocenters. The largest absolute Gasteiger partial charge is 0.344 e. The van der Waals surface area contributed by atoms with Crippen LogP contribution >= 0.6 is 7.60 Å². The van der Waals surface area contributed by atoms with E-state index in [4.69, 9.17) is 9.05 Å². The Labute approximate surface area is 93.3 Å². The molecule has 0 fully saturated rings. The zero-order valence-corrected chi connectivity index (χ0v) is 11.0. The Morgan fingerprint density at radius 2 is 1.53 bits per heavy atom. The molecule has 0 aliphatic carbocycles. The second-order valence-corrected chi connectivity index (χ2v) is 5.55. The molecule has 92 valence electrons. The molecule has 1 N–H and O–H groups in total. The van der Waals surface area contributed by atoms with E-state index >= 15 is 0 Å². The molecular weight excluding hydrogens is 213 g/mol. The third kappa shape index (κ3) is 7.97. The molecule has 0 aromatic carbocycles. The highest BCUT2D eigenvalue weighted by molar-refractivity contribution is 7.53. The molecule has 15 heavy (non-hydrogen) atoms. The van der Waals surface area contributed by atoms with Gasteiger partial charge in [-0.05, 0) is 19.9 Å². The smallest absolute Gasteiger partial charge is 0.309 e. The van der Waals surface area contributed by atoms with Gasteiger partial charge in [-0.3, -0.25) is 4.57 Å². The lowest BCUT2D eigenvalue weighted by Crippen LogP contribution is -2.13. The third-order valence-electron chi connectivity index (χ3n) is 1.92. The molecule has 0 heterocycles. The van der Waals surface area contributed by atoms with Crippen LogP contribution in [0.5, 0.6) is 0 Å². The van der Waals surface area contributed by atoms with Gasteiger partial charge < -0.3 is 14.4 Å². The molecule has 0 aromatic rings. The van der Waals surface area contributed by atoms with Gasteiger partial charge in [0.25, 0.3) is 0 Å². The molecular formula is C10H24NO3P. The fourth-order valence-corrected chi connectivity index (χ4v) is 2.48. The molecule has 0 radical (unpaired) electrons. The molecule has 0 aromatic heterocycles. The molecule has 0 saturated carbocycles. The van der Waals surface area contributed by atoms with Crippen molar-refractivity contribution >= 4 is 7.60 Å². The Bertz CT molecular complexity index is 174. The highest BCUT2D eigenvalue weighted by Crippen LogP contribution is 2.47. The van der Waals surface area contributed by atoms with Crippen molar-refractivity contribution < 1.29 is 13.6 Å². The summed E-state index contributed by atoms with van der Waals surface area (Å²) in [5.74, 6) is 0. The van der Waals surface area contributed by atoms with E-state index in [9.17, 15) is 4.57 Å². The van der Waals surface area contributed by atoms with Crippen molar-refractivity contribution in [2.75, 3.05) is 26.5 Å². The summed E-state index contributed by atoms with van der Waals surface area (Å²) in [6, 6.07) is 0. The number of unbranched alkanes of at least 4 members (excludes halogenated alkanes) is 2. The van der Waals surface area contributed by atoms with E-state index in [1.165, 1.54) is 0 Å². The lowest BCUT2D eigenvalue weighted by atomic mass is 10.4. The van der Waals surface area contributed by atoms with Crippen molar-refractivity contribution in [2.45, 2.75) is 39.5 Å². The van der Waals surface area contributed by atoms with Gasteiger partial charge in [0.1, 0.15) is 0 Å². The molecule has 0 aliphatic heterocycles.